The predicted octanol–water partition coefficient (Wildman–Crippen LogP) is 2.59. The predicted molar refractivity (Wildman–Crippen MR) is 97.2 cm³/mol. The van der Waals surface area contributed by atoms with Crippen LogP contribution in [0, 0.1) is 11.2 Å². The molecular weight excluding hydrogens is 347 g/mol. The number of hydrogen-bond acceptors (Lipinski definition) is 3. The third-order valence-corrected chi connectivity index (χ3v) is 5.90. The number of rotatable bonds is 3. The van der Waals surface area contributed by atoms with Gasteiger partial charge in [-0.1, -0.05) is 18.2 Å². The van der Waals surface area contributed by atoms with E-state index in [0.717, 1.165) is 12.8 Å². The Morgan fingerprint density at radius 1 is 1.19 bits per heavy atom. The Bertz CT molecular complexity index is 828. The van der Waals surface area contributed by atoms with E-state index in [9.17, 15) is 14.0 Å². The van der Waals surface area contributed by atoms with Gasteiger partial charge in [0.15, 0.2) is 0 Å². The van der Waals surface area contributed by atoms with Crippen molar-refractivity contribution < 1.29 is 14.0 Å². The highest BCUT2D eigenvalue weighted by molar-refractivity contribution is 5.94. The van der Waals surface area contributed by atoms with Crippen LogP contribution in [-0.2, 0) is 11.3 Å². The molecule has 2 aliphatic rings. The molecule has 0 aliphatic carbocycles. The van der Waals surface area contributed by atoms with Gasteiger partial charge in [-0.3, -0.25) is 14.7 Å². The number of H-pyrrole nitrogens is 1. The number of halogens is 1. The van der Waals surface area contributed by atoms with Crippen LogP contribution in [-0.4, -0.2) is 51.4 Å². The van der Waals surface area contributed by atoms with Gasteiger partial charge in [0.1, 0.15) is 5.82 Å². The van der Waals surface area contributed by atoms with E-state index in [-0.39, 0.29) is 17.6 Å². The number of nitrogens with one attached hydrogen (secondary N) is 1. The average Bonchev–Trinajstić information content (AvgIpc) is 3.22. The van der Waals surface area contributed by atoms with E-state index < -0.39 is 5.41 Å². The number of hydrogen-bond donors (Lipinski definition) is 1. The summed E-state index contributed by atoms with van der Waals surface area (Å²) in [6, 6.07) is 6.61. The number of carbonyl (C=O) groups excluding carboxylic acids is 2. The van der Waals surface area contributed by atoms with E-state index in [1.54, 1.807) is 34.2 Å². The second-order valence-corrected chi connectivity index (χ2v) is 7.48. The molecule has 2 amide bonds. The fourth-order valence-corrected chi connectivity index (χ4v) is 4.29. The van der Waals surface area contributed by atoms with Gasteiger partial charge in [0.2, 0.25) is 5.91 Å². The van der Waals surface area contributed by atoms with Crippen LogP contribution in [0.5, 0.6) is 0 Å². The Balaban J connectivity index is 1.44. The molecule has 4 rings (SSSR count). The molecule has 1 N–H and O–H groups in total. The van der Waals surface area contributed by atoms with Crippen molar-refractivity contribution in [3.63, 3.8) is 0 Å². The highest BCUT2D eigenvalue weighted by Crippen LogP contribution is 2.41. The number of aromatic nitrogens is 2. The van der Waals surface area contributed by atoms with Crippen molar-refractivity contribution in [3.8, 4) is 0 Å². The first-order chi connectivity index (χ1) is 13.1. The largest absolute Gasteiger partial charge is 0.338 e. The summed E-state index contributed by atoms with van der Waals surface area (Å²) in [4.78, 5) is 29.3. The zero-order valence-electron chi connectivity index (χ0n) is 15.2. The smallest absolute Gasteiger partial charge is 0.257 e. The molecule has 0 atom stereocenters. The van der Waals surface area contributed by atoms with Gasteiger partial charge in [0.05, 0.1) is 17.2 Å². The Morgan fingerprint density at radius 3 is 2.67 bits per heavy atom. The summed E-state index contributed by atoms with van der Waals surface area (Å²) in [5, 5.41) is 6.48. The van der Waals surface area contributed by atoms with Gasteiger partial charge in [-0.25, -0.2) is 4.39 Å². The van der Waals surface area contributed by atoms with E-state index in [1.807, 2.05) is 0 Å². The molecule has 3 heterocycles. The maximum atomic E-state index is 14.0. The van der Waals surface area contributed by atoms with Crippen LogP contribution in [0.15, 0.2) is 36.7 Å². The summed E-state index contributed by atoms with van der Waals surface area (Å²) < 4.78 is 14.0. The molecule has 0 unspecified atom stereocenters. The number of piperidine rings is 2. The molecule has 1 aromatic carbocycles. The number of benzene rings is 1. The summed E-state index contributed by atoms with van der Waals surface area (Å²) in [5.74, 6) is -0.220. The summed E-state index contributed by atoms with van der Waals surface area (Å²) in [6.07, 6.45) is 6.18. The molecule has 6 nitrogen and oxygen atoms in total. The molecule has 0 saturated carbocycles. The summed E-state index contributed by atoms with van der Waals surface area (Å²) >= 11 is 0. The lowest BCUT2D eigenvalue weighted by atomic mass is 9.71. The second kappa shape index (κ2) is 7.13. The molecule has 2 saturated heterocycles. The molecule has 2 fully saturated rings. The summed E-state index contributed by atoms with van der Waals surface area (Å²) in [6.45, 7) is 2.09. The van der Waals surface area contributed by atoms with Gasteiger partial charge < -0.3 is 9.80 Å². The van der Waals surface area contributed by atoms with Gasteiger partial charge in [0.25, 0.3) is 5.91 Å². The number of aromatic amines is 1. The lowest BCUT2D eigenvalue weighted by molar-refractivity contribution is -0.150. The standard InChI is InChI=1S/C20H23FN4O2/c21-17-5-2-1-4-15(17)14-25-9-3-6-20(19(25)27)7-10-24(11-8-20)18(26)16-12-22-23-13-16/h1-2,4-5,12-13H,3,6-11,14H2,(H,22,23). The summed E-state index contributed by atoms with van der Waals surface area (Å²) in [5.41, 5.74) is 0.675. The number of nitrogens with zero attached hydrogens (tertiary/aromatic N) is 3. The SMILES string of the molecule is O=C(c1cn[nH]c1)N1CCC2(CCCN(Cc3ccccc3F)C2=O)CC1. The number of carbonyl (C=O) groups is 2. The lowest BCUT2D eigenvalue weighted by Crippen LogP contribution is -2.54. The zero-order chi connectivity index (χ0) is 18.9. The van der Waals surface area contributed by atoms with Gasteiger partial charge >= 0.3 is 0 Å². The average molecular weight is 370 g/mol. The van der Waals surface area contributed by atoms with Crippen LogP contribution in [0.1, 0.15) is 41.6 Å². The van der Waals surface area contributed by atoms with E-state index in [2.05, 4.69) is 10.2 Å². The first-order valence-corrected chi connectivity index (χ1v) is 9.40. The van der Waals surface area contributed by atoms with Crippen LogP contribution in [0.25, 0.3) is 0 Å². The minimum Gasteiger partial charge on any atom is -0.338 e. The van der Waals surface area contributed by atoms with Gasteiger partial charge in [-0.05, 0) is 31.7 Å². The third-order valence-electron chi connectivity index (χ3n) is 5.90. The quantitative estimate of drug-likeness (QED) is 0.903. The monoisotopic (exact) mass is 370 g/mol. The molecular formula is C20H23FN4O2. The first kappa shape index (κ1) is 17.7. The highest BCUT2D eigenvalue weighted by atomic mass is 19.1. The number of amides is 2. The Morgan fingerprint density at radius 2 is 1.96 bits per heavy atom. The minimum absolute atomic E-state index is 0.0509. The van der Waals surface area contributed by atoms with Crippen molar-refractivity contribution in [3.05, 3.63) is 53.6 Å². The van der Waals surface area contributed by atoms with Gasteiger partial charge in [-0.2, -0.15) is 5.10 Å². The Labute approximate surface area is 157 Å². The minimum atomic E-state index is -0.420. The highest BCUT2D eigenvalue weighted by Gasteiger charge is 2.46. The van der Waals surface area contributed by atoms with E-state index in [1.165, 1.54) is 12.3 Å². The normalized spacial score (nSPS) is 19.5. The van der Waals surface area contributed by atoms with Crippen molar-refractivity contribution in [2.45, 2.75) is 32.2 Å². The van der Waals surface area contributed by atoms with Crippen LogP contribution in [0.3, 0.4) is 0 Å². The maximum Gasteiger partial charge on any atom is 0.257 e. The Kier molecular flexibility index (Phi) is 4.68. The Hall–Kier alpha value is -2.70. The molecule has 7 heteroatoms. The van der Waals surface area contributed by atoms with Gasteiger partial charge in [-0.15, -0.1) is 0 Å². The molecule has 1 aromatic heterocycles. The molecule has 0 bridgehead atoms. The maximum absolute atomic E-state index is 14.0. The van der Waals surface area contributed by atoms with Crippen LogP contribution in [0.2, 0.25) is 0 Å². The van der Waals surface area contributed by atoms with Crippen molar-refractivity contribution in [1.82, 2.24) is 20.0 Å². The molecule has 27 heavy (non-hydrogen) atoms. The van der Waals surface area contributed by atoms with Crippen LogP contribution >= 0.6 is 0 Å². The topological polar surface area (TPSA) is 69.3 Å². The molecule has 1 spiro atoms. The second-order valence-electron chi connectivity index (χ2n) is 7.48. The first-order valence-electron chi connectivity index (χ1n) is 9.40. The van der Waals surface area contributed by atoms with E-state index in [4.69, 9.17) is 0 Å². The zero-order valence-corrected chi connectivity index (χ0v) is 15.2. The van der Waals surface area contributed by atoms with Crippen molar-refractivity contribution in [1.29, 1.82) is 0 Å². The third kappa shape index (κ3) is 3.34. The van der Waals surface area contributed by atoms with E-state index in [0.29, 0.717) is 50.1 Å². The molecule has 0 radical (unpaired) electrons. The summed E-state index contributed by atoms with van der Waals surface area (Å²) in [7, 11) is 0. The van der Waals surface area contributed by atoms with Crippen molar-refractivity contribution in [2.24, 2.45) is 5.41 Å². The van der Waals surface area contributed by atoms with Crippen molar-refractivity contribution >= 4 is 11.8 Å². The van der Waals surface area contributed by atoms with Crippen molar-refractivity contribution in [2.75, 3.05) is 19.6 Å². The molecule has 2 aromatic rings. The fourth-order valence-electron chi connectivity index (χ4n) is 4.29. The fraction of sp³-hybridized carbons (Fsp3) is 0.450. The lowest BCUT2D eigenvalue weighted by Gasteiger charge is -2.46. The van der Waals surface area contributed by atoms with Crippen LogP contribution < -0.4 is 0 Å². The number of likely N-dealkylation sites (tertiary alicyclic amines) is 2. The van der Waals surface area contributed by atoms with E-state index >= 15 is 0 Å². The van der Waals surface area contributed by atoms with Crippen LogP contribution in [0.4, 0.5) is 4.39 Å². The molecule has 2 aliphatic heterocycles. The van der Waals surface area contributed by atoms with Gasteiger partial charge in [0, 0.05) is 37.9 Å². The molecule has 142 valence electrons.